The lowest BCUT2D eigenvalue weighted by atomic mass is 9.81. The highest BCUT2D eigenvalue weighted by Crippen LogP contribution is 2.46. The lowest BCUT2D eigenvalue weighted by Crippen LogP contribution is -2.23. The first kappa shape index (κ1) is 21.6. The second kappa shape index (κ2) is 8.75. The summed E-state index contributed by atoms with van der Waals surface area (Å²) in [6, 6.07) is 4.19. The molecular weight excluding hydrogens is 388 g/mol. The van der Waals surface area contributed by atoms with Gasteiger partial charge >= 0.3 is 0 Å². The van der Waals surface area contributed by atoms with E-state index in [1.807, 2.05) is 0 Å². The first-order chi connectivity index (χ1) is 14.4. The fourth-order valence-corrected chi connectivity index (χ4v) is 3.91. The Labute approximate surface area is 175 Å². The minimum absolute atomic E-state index is 0.0580. The Morgan fingerprint density at radius 2 is 1.60 bits per heavy atom. The summed E-state index contributed by atoms with van der Waals surface area (Å²) in [6.45, 7) is 2.07. The highest BCUT2D eigenvalue weighted by Gasteiger charge is 2.38. The maximum atomic E-state index is 13.3. The zero-order valence-corrected chi connectivity index (χ0v) is 17.6. The summed E-state index contributed by atoms with van der Waals surface area (Å²) in [5, 5.41) is 21.6. The SMILES string of the molecule is CCCCCC(OC)c1c(O)cc2c(c1O)C(=O)c1c(OC)cc(OC)cc1C2=O. The van der Waals surface area contributed by atoms with Crippen LogP contribution in [0.3, 0.4) is 0 Å². The molecule has 0 saturated heterocycles. The highest BCUT2D eigenvalue weighted by atomic mass is 16.5. The van der Waals surface area contributed by atoms with Crippen LogP contribution in [0.1, 0.15) is 76.1 Å². The molecule has 0 spiro atoms. The van der Waals surface area contributed by atoms with Crippen LogP contribution < -0.4 is 9.47 Å². The van der Waals surface area contributed by atoms with Crippen LogP contribution in [0.4, 0.5) is 0 Å². The zero-order valence-electron chi connectivity index (χ0n) is 17.6. The number of fused-ring (bicyclic) bond motifs is 2. The Kier molecular flexibility index (Phi) is 6.31. The number of phenols is 2. The molecule has 0 amide bonds. The Balaban J connectivity index is 2.18. The molecule has 30 heavy (non-hydrogen) atoms. The van der Waals surface area contributed by atoms with Crippen LogP contribution in [0.5, 0.6) is 23.0 Å². The molecule has 0 aromatic heterocycles. The Bertz CT molecular complexity index is 994. The molecule has 7 heteroatoms. The van der Waals surface area contributed by atoms with Gasteiger partial charge < -0.3 is 24.4 Å². The molecule has 1 aliphatic rings. The van der Waals surface area contributed by atoms with Gasteiger partial charge in [0.15, 0.2) is 5.78 Å². The molecule has 1 aliphatic carbocycles. The van der Waals surface area contributed by atoms with Crippen molar-refractivity contribution in [1.82, 2.24) is 0 Å². The third kappa shape index (κ3) is 3.50. The van der Waals surface area contributed by atoms with E-state index in [-0.39, 0.29) is 39.3 Å². The smallest absolute Gasteiger partial charge is 0.201 e. The lowest BCUT2D eigenvalue weighted by molar-refractivity contribution is 0.0877. The van der Waals surface area contributed by atoms with E-state index in [9.17, 15) is 19.8 Å². The van der Waals surface area contributed by atoms with Crippen molar-refractivity contribution in [2.24, 2.45) is 0 Å². The summed E-state index contributed by atoms with van der Waals surface area (Å²) in [6.07, 6.45) is 2.75. The molecule has 0 aliphatic heterocycles. The summed E-state index contributed by atoms with van der Waals surface area (Å²) in [4.78, 5) is 26.5. The van der Waals surface area contributed by atoms with Crippen LogP contribution in [0.15, 0.2) is 18.2 Å². The molecule has 160 valence electrons. The van der Waals surface area contributed by atoms with Crippen molar-refractivity contribution in [3.63, 3.8) is 0 Å². The zero-order chi connectivity index (χ0) is 22.0. The van der Waals surface area contributed by atoms with Gasteiger partial charge in [0.2, 0.25) is 5.78 Å². The van der Waals surface area contributed by atoms with Crippen LogP contribution in [0.25, 0.3) is 0 Å². The predicted molar refractivity (Wildman–Crippen MR) is 110 cm³/mol. The van der Waals surface area contributed by atoms with Gasteiger partial charge in [-0.15, -0.1) is 0 Å². The molecule has 0 fully saturated rings. The highest BCUT2D eigenvalue weighted by molar-refractivity contribution is 6.30. The summed E-state index contributed by atoms with van der Waals surface area (Å²) in [7, 11) is 4.31. The van der Waals surface area contributed by atoms with E-state index >= 15 is 0 Å². The van der Waals surface area contributed by atoms with Crippen molar-refractivity contribution in [1.29, 1.82) is 0 Å². The van der Waals surface area contributed by atoms with E-state index in [0.29, 0.717) is 12.2 Å². The number of benzene rings is 2. The number of ketones is 2. The molecule has 7 nitrogen and oxygen atoms in total. The number of carbonyl (C=O) groups excluding carboxylic acids is 2. The topological polar surface area (TPSA) is 102 Å². The number of phenolic OH excluding ortho intramolecular Hbond substituents is 2. The van der Waals surface area contributed by atoms with Gasteiger partial charge in [-0.2, -0.15) is 0 Å². The van der Waals surface area contributed by atoms with E-state index < -0.39 is 23.4 Å². The van der Waals surface area contributed by atoms with Crippen molar-refractivity contribution >= 4 is 11.6 Å². The minimum atomic E-state index is -0.607. The van der Waals surface area contributed by atoms with Crippen LogP contribution >= 0.6 is 0 Å². The van der Waals surface area contributed by atoms with Gasteiger partial charge in [-0.1, -0.05) is 26.2 Å². The van der Waals surface area contributed by atoms with E-state index in [1.54, 1.807) is 0 Å². The van der Waals surface area contributed by atoms with Crippen molar-refractivity contribution in [2.45, 2.75) is 38.7 Å². The number of hydrogen-bond donors (Lipinski definition) is 2. The Morgan fingerprint density at radius 1 is 0.900 bits per heavy atom. The van der Waals surface area contributed by atoms with Crippen LogP contribution in [0, 0.1) is 0 Å². The van der Waals surface area contributed by atoms with Gasteiger partial charge in [0.05, 0.1) is 37.0 Å². The normalized spacial score (nSPS) is 13.6. The van der Waals surface area contributed by atoms with Crippen molar-refractivity contribution < 1.29 is 34.0 Å². The number of carbonyl (C=O) groups is 2. The molecule has 2 aromatic rings. The third-order valence-corrected chi connectivity index (χ3v) is 5.47. The first-order valence-corrected chi connectivity index (χ1v) is 9.86. The van der Waals surface area contributed by atoms with E-state index in [1.165, 1.54) is 39.5 Å². The average molecular weight is 414 g/mol. The van der Waals surface area contributed by atoms with Crippen LogP contribution in [-0.2, 0) is 4.74 Å². The third-order valence-electron chi connectivity index (χ3n) is 5.47. The molecular formula is C23H26O7. The maximum absolute atomic E-state index is 13.3. The van der Waals surface area contributed by atoms with Crippen LogP contribution in [0.2, 0.25) is 0 Å². The molecule has 0 radical (unpaired) electrons. The summed E-state index contributed by atoms with van der Waals surface area (Å²) in [5.41, 5.74) is 0.0554. The van der Waals surface area contributed by atoms with Crippen LogP contribution in [-0.4, -0.2) is 43.1 Å². The predicted octanol–water partition coefficient (Wildman–Crippen LogP) is 4.16. The van der Waals surface area contributed by atoms with Crippen molar-refractivity contribution in [2.75, 3.05) is 21.3 Å². The second-order valence-electron chi connectivity index (χ2n) is 7.21. The number of ether oxygens (including phenoxy) is 3. The summed E-state index contributed by atoms with van der Waals surface area (Å²) >= 11 is 0. The summed E-state index contributed by atoms with van der Waals surface area (Å²) < 4.78 is 16.0. The molecule has 1 atom stereocenters. The van der Waals surface area contributed by atoms with Gasteiger partial charge in [0, 0.05) is 24.3 Å². The standard InChI is InChI=1S/C23H26O7/c1-5-6-7-8-16(29-3)20-15(24)11-14-19(23(20)27)22(26)18-13(21(14)25)9-12(28-2)10-17(18)30-4/h9-11,16,24,27H,5-8H2,1-4H3. The van der Waals surface area contributed by atoms with E-state index in [2.05, 4.69) is 6.92 Å². The molecule has 0 bridgehead atoms. The fraction of sp³-hybridized carbons (Fsp3) is 0.391. The fourth-order valence-electron chi connectivity index (χ4n) is 3.91. The Morgan fingerprint density at radius 3 is 2.20 bits per heavy atom. The molecule has 1 unspecified atom stereocenters. The van der Waals surface area contributed by atoms with E-state index in [0.717, 1.165) is 19.3 Å². The Hall–Kier alpha value is -3.06. The van der Waals surface area contributed by atoms with Gasteiger partial charge in [0.25, 0.3) is 0 Å². The van der Waals surface area contributed by atoms with Gasteiger partial charge in [0.1, 0.15) is 23.0 Å². The van der Waals surface area contributed by atoms with Gasteiger partial charge in [-0.25, -0.2) is 0 Å². The number of rotatable bonds is 8. The second-order valence-corrected chi connectivity index (χ2v) is 7.21. The lowest BCUT2D eigenvalue weighted by Gasteiger charge is -2.25. The van der Waals surface area contributed by atoms with Gasteiger partial charge in [-0.05, 0) is 18.6 Å². The number of methoxy groups -OCH3 is 3. The molecule has 2 N–H and O–H groups in total. The molecule has 0 saturated carbocycles. The first-order valence-electron chi connectivity index (χ1n) is 9.86. The minimum Gasteiger partial charge on any atom is -0.507 e. The number of hydrogen-bond acceptors (Lipinski definition) is 7. The van der Waals surface area contributed by atoms with Crippen molar-refractivity contribution in [3.8, 4) is 23.0 Å². The number of aromatic hydroxyl groups is 2. The maximum Gasteiger partial charge on any atom is 0.201 e. The number of unbranched alkanes of at least 4 members (excludes halogenated alkanes) is 2. The monoisotopic (exact) mass is 414 g/mol. The molecule has 2 aromatic carbocycles. The average Bonchev–Trinajstić information content (AvgIpc) is 2.74. The van der Waals surface area contributed by atoms with Gasteiger partial charge in [-0.3, -0.25) is 9.59 Å². The van der Waals surface area contributed by atoms with Crippen molar-refractivity contribution in [3.05, 3.63) is 46.0 Å². The van der Waals surface area contributed by atoms with E-state index in [4.69, 9.17) is 14.2 Å². The summed E-state index contributed by atoms with van der Waals surface area (Å²) in [5.74, 6) is -1.25. The molecule has 0 heterocycles. The largest absolute Gasteiger partial charge is 0.507 e. The quantitative estimate of drug-likeness (QED) is 0.534. The molecule has 3 rings (SSSR count).